The van der Waals surface area contributed by atoms with Crippen LogP contribution in [0.3, 0.4) is 0 Å². The topological polar surface area (TPSA) is 20.3 Å². The molecule has 1 aromatic carbocycles. The molecule has 0 saturated heterocycles. The fraction of sp³-hybridized carbons (Fsp3) is 0.533. The van der Waals surface area contributed by atoms with Crippen molar-refractivity contribution >= 4 is 11.5 Å². The van der Waals surface area contributed by atoms with E-state index < -0.39 is 0 Å². The summed E-state index contributed by atoms with van der Waals surface area (Å²) in [5.41, 5.74) is 4.90. The molecule has 0 amide bonds. The number of benzene rings is 1. The van der Waals surface area contributed by atoms with E-state index in [9.17, 15) is 4.79 Å². The Hall–Kier alpha value is -1.31. The first-order valence-corrected chi connectivity index (χ1v) is 6.34. The second kappa shape index (κ2) is 5.85. The first-order valence-electron chi connectivity index (χ1n) is 6.34. The molecular formula is C15H23NO. The molecule has 0 atom stereocenters. The Morgan fingerprint density at radius 2 is 1.76 bits per heavy atom. The standard InChI is InChI=1S/C15H23NO/c1-6-16(7-2)15-9-11(3)8-12(4)14(15)10-13(5)17/h8-9H,6-7,10H2,1-5H3. The van der Waals surface area contributed by atoms with Gasteiger partial charge >= 0.3 is 0 Å². The molecule has 0 aliphatic heterocycles. The van der Waals surface area contributed by atoms with Gasteiger partial charge < -0.3 is 4.90 Å². The molecule has 1 rings (SSSR count). The van der Waals surface area contributed by atoms with Crippen LogP contribution in [-0.2, 0) is 11.2 Å². The second-order valence-electron chi connectivity index (χ2n) is 4.63. The van der Waals surface area contributed by atoms with Crippen molar-refractivity contribution in [1.82, 2.24) is 0 Å². The van der Waals surface area contributed by atoms with Gasteiger partial charge in [0.15, 0.2) is 0 Å². The summed E-state index contributed by atoms with van der Waals surface area (Å²) in [6.07, 6.45) is 0.540. The van der Waals surface area contributed by atoms with Gasteiger partial charge in [-0.3, -0.25) is 4.79 Å². The van der Waals surface area contributed by atoms with Gasteiger partial charge in [0.1, 0.15) is 5.78 Å². The predicted molar refractivity (Wildman–Crippen MR) is 73.9 cm³/mol. The van der Waals surface area contributed by atoms with Gasteiger partial charge in [-0.15, -0.1) is 0 Å². The highest BCUT2D eigenvalue weighted by molar-refractivity contribution is 5.81. The smallest absolute Gasteiger partial charge is 0.134 e. The number of hydrogen-bond acceptors (Lipinski definition) is 2. The lowest BCUT2D eigenvalue weighted by molar-refractivity contribution is -0.116. The molecule has 2 nitrogen and oxygen atoms in total. The summed E-state index contributed by atoms with van der Waals surface area (Å²) >= 11 is 0. The minimum atomic E-state index is 0.227. The van der Waals surface area contributed by atoms with Crippen molar-refractivity contribution in [2.24, 2.45) is 0 Å². The SMILES string of the molecule is CCN(CC)c1cc(C)cc(C)c1CC(C)=O. The van der Waals surface area contributed by atoms with E-state index in [1.54, 1.807) is 6.92 Å². The van der Waals surface area contributed by atoms with Crippen LogP contribution in [0.5, 0.6) is 0 Å². The van der Waals surface area contributed by atoms with Crippen LogP contribution in [0, 0.1) is 13.8 Å². The highest BCUT2D eigenvalue weighted by Gasteiger charge is 2.13. The van der Waals surface area contributed by atoms with E-state index in [0.717, 1.165) is 13.1 Å². The maximum Gasteiger partial charge on any atom is 0.134 e. The molecule has 0 spiro atoms. The van der Waals surface area contributed by atoms with Gasteiger partial charge in [0.25, 0.3) is 0 Å². The molecule has 0 aromatic heterocycles. The zero-order chi connectivity index (χ0) is 13.0. The van der Waals surface area contributed by atoms with Crippen LogP contribution < -0.4 is 4.90 Å². The fourth-order valence-corrected chi connectivity index (χ4v) is 2.30. The Kier molecular flexibility index (Phi) is 4.73. The summed E-state index contributed by atoms with van der Waals surface area (Å²) in [5, 5.41) is 0. The molecule has 2 heteroatoms. The van der Waals surface area contributed by atoms with E-state index in [2.05, 4.69) is 44.7 Å². The molecule has 0 radical (unpaired) electrons. The van der Waals surface area contributed by atoms with Crippen LogP contribution in [0.15, 0.2) is 12.1 Å². The zero-order valence-electron chi connectivity index (χ0n) is 11.6. The van der Waals surface area contributed by atoms with Crippen LogP contribution in [-0.4, -0.2) is 18.9 Å². The summed E-state index contributed by atoms with van der Waals surface area (Å²) in [5.74, 6) is 0.227. The van der Waals surface area contributed by atoms with Gasteiger partial charge in [-0.2, -0.15) is 0 Å². The highest BCUT2D eigenvalue weighted by atomic mass is 16.1. The van der Waals surface area contributed by atoms with E-state index in [-0.39, 0.29) is 5.78 Å². The molecule has 0 heterocycles. The van der Waals surface area contributed by atoms with Crippen molar-refractivity contribution in [3.05, 3.63) is 28.8 Å². The number of aryl methyl sites for hydroxylation is 2. The summed E-state index contributed by atoms with van der Waals surface area (Å²) < 4.78 is 0. The van der Waals surface area contributed by atoms with E-state index >= 15 is 0 Å². The van der Waals surface area contributed by atoms with Crippen LogP contribution in [0.1, 0.15) is 37.5 Å². The number of hydrogen-bond donors (Lipinski definition) is 0. The van der Waals surface area contributed by atoms with E-state index in [4.69, 9.17) is 0 Å². The lowest BCUT2D eigenvalue weighted by atomic mass is 9.98. The summed E-state index contributed by atoms with van der Waals surface area (Å²) in [4.78, 5) is 13.7. The van der Waals surface area contributed by atoms with Crippen LogP contribution in [0.4, 0.5) is 5.69 Å². The molecular weight excluding hydrogens is 210 g/mol. The molecule has 0 bridgehead atoms. The molecule has 0 saturated carbocycles. The van der Waals surface area contributed by atoms with Gasteiger partial charge in [-0.25, -0.2) is 0 Å². The van der Waals surface area contributed by atoms with Crippen molar-refractivity contribution in [2.75, 3.05) is 18.0 Å². The Morgan fingerprint density at radius 1 is 1.18 bits per heavy atom. The Morgan fingerprint density at radius 3 is 2.24 bits per heavy atom. The first-order chi connectivity index (χ1) is 7.99. The molecule has 94 valence electrons. The van der Waals surface area contributed by atoms with Crippen molar-refractivity contribution in [1.29, 1.82) is 0 Å². The number of ketones is 1. The van der Waals surface area contributed by atoms with Crippen molar-refractivity contribution in [3.8, 4) is 0 Å². The van der Waals surface area contributed by atoms with Crippen LogP contribution >= 0.6 is 0 Å². The summed E-state index contributed by atoms with van der Waals surface area (Å²) in [7, 11) is 0. The Labute approximate surface area is 105 Å². The Balaban J connectivity index is 3.28. The molecule has 17 heavy (non-hydrogen) atoms. The predicted octanol–water partition coefficient (Wildman–Crippen LogP) is 3.28. The van der Waals surface area contributed by atoms with E-state index in [1.807, 2.05) is 0 Å². The number of carbonyl (C=O) groups is 1. The Bertz CT molecular complexity index is 406. The van der Waals surface area contributed by atoms with Crippen molar-refractivity contribution in [3.63, 3.8) is 0 Å². The van der Waals surface area contributed by atoms with Gasteiger partial charge in [0, 0.05) is 25.2 Å². The number of nitrogens with zero attached hydrogens (tertiary/aromatic N) is 1. The number of Topliss-reactive ketones (excluding diaryl/α,β-unsaturated/α-hetero) is 1. The van der Waals surface area contributed by atoms with E-state index in [1.165, 1.54) is 22.4 Å². The fourth-order valence-electron chi connectivity index (χ4n) is 2.30. The molecule has 0 fully saturated rings. The molecule has 0 unspecified atom stereocenters. The maximum absolute atomic E-state index is 11.4. The van der Waals surface area contributed by atoms with Gasteiger partial charge in [-0.1, -0.05) is 6.07 Å². The number of anilines is 1. The summed E-state index contributed by atoms with van der Waals surface area (Å²) in [6, 6.07) is 4.35. The maximum atomic E-state index is 11.4. The van der Waals surface area contributed by atoms with Crippen LogP contribution in [0.2, 0.25) is 0 Å². The average Bonchev–Trinajstić information content (AvgIpc) is 2.24. The molecule has 0 N–H and O–H groups in total. The lowest BCUT2D eigenvalue weighted by Gasteiger charge is -2.25. The first kappa shape index (κ1) is 13.8. The highest BCUT2D eigenvalue weighted by Crippen LogP contribution is 2.26. The molecule has 0 aliphatic carbocycles. The monoisotopic (exact) mass is 233 g/mol. The quantitative estimate of drug-likeness (QED) is 0.778. The third-order valence-electron chi connectivity index (χ3n) is 3.12. The third-order valence-corrected chi connectivity index (χ3v) is 3.12. The lowest BCUT2D eigenvalue weighted by Crippen LogP contribution is -2.24. The number of rotatable bonds is 5. The largest absolute Gasteiger partial charge is 0.372 e. The molecule has 1 aromatic rings. The number of carbonyl (C=O) groups excluding carboxylic acids is 1. The minimum absolute atomic E-state index is 0.227. The second-order valence-corrected chi connectivity index (χ2v) is 4.63. The normalized spacial score (nSPS) is 10.4. The van der Waals surface area contributed by atoms with E-state index in [0.29, 0.717) is 6.42 Å². The van der Waals surface area contributed by atoms with Crippen LogP contribution in [0.25, 0.3) is 0 Å². The third kappa shape index (κ3) is 3.32. The van der Waals surface area contributed by atoms with Crippen molar-refractivity contribution < 1.29 is 4.79 Å². The zero-order valence-corrected chi connectivity index (χ0v) is 11.6. The van der Waals surface area contributed by atoms with Crippen molar-refractivity contribution in [2.45, 2.75) is 41.0 Å². The van der Waals surface area contributed by atoms with Gasteiger partial charge in [0.05, 0.1) is 0 Å². The summed E-state index contributed by atoms with van der Waals surface area (Å²) in [6.45, 7) is 12.1. The molecule has 0 aliphatic rings. The van der Waals surface area contributed by atoms with Gasteiger partial charge in [0.2, 0.25) is 0 Å². The average molecular weight is 233 g/mol. The minimum Gasteiger partial charge on any atom is -0.372 e. The van der Waals surface area contributed by atoms with Gasteiger partial charge in [-0.05, 0) is 57.4 Å².